The van der Waals surface area contributed by atoms with Gasteiger partial charge in [-0.15, -0.1) is 0 Å². The molecule has 0 aromatic heterocycles. The Balaban J connectivity index is 2.43. The molecule has 0 aliphatic heterocycles. The summed E-state index contributed by atoms with van der Waals surface area (Å²) in [5.41, 5.74) is 7.41. The normalized spacial score (nSPS) is 10.2. The van der Waals surface area contributed by atoms with Gasteiger partial charge in [-0.1, -0.05) is 24.3 Å². The maximum Gasteiger partial charge on any atom is 0.262 e. The number of ether oxygens (including phenoxy) is 1. The third kappa shape index (κ3) is 3.14. The van der Waals surface area contributed by atoms with Crippen LogP contribution >= 0.6 is 0 Å². The Morgan fingerprint density at radius 2 is 1.86 bits per heavy atom. The summed E-state index contributed by atoms with van der Waals surface area (Å²) in [6.07, 6.45) is 0. The molecule has 0 heterocycles. The average molecular weight is 286 g/mol. The Hall–Kier alpha value is -2.53. The summed E-state index contributed by atoms with van der Waals surface area (Å²) in [5, 5.41) is 9.25. The molecule has 5 heteroatoms. The van der Waals surface area contributed by atoms with Crippen LogP contribution in [0.15, 0.2) is 48.5 Å². The maximum absolute atomic E-state index is 12.7. The molecule has 3 N–H and O–H groups in total. The summed E-state index contributed by atoms with van der Waals surface area (Å²) in [5.74, 6) is 0.222. The van der Waals surface area contributed by atoms with Crippen LogP contribution in [-0.4, -0.2) is 31.3 Å². The van der Waals surface area contributed by atoms with Crippen molar-refractivity contribution in [2.45, 2.75) is 0 Å². The molecule has 0 fully saturated rings. The summed E-state index contributed by atoms with van der Waals surface area (Å²) in [6, 6.07) is 14.0. The van der Waals surface area contributed by atoms with Gasteiger partial charge in [0.1, 0.15) is 5.75 Å². The molecule has 2 rings (SSSR count). The predicted octanol–water partition coefficient (Wildman–Crippen LogP) is 1.92. The number of para-hydroxylation sites is 3. The highest BCUT2D eigenvalue weighted by Gasteiger charge is 2.21. The van der Waals surface area contributed by atoms with Gasteiger partial charge >= 0.3 is 0 Å². The molecule has 110 valence electrons. The first-order valence-corrected chi connectivity index (χ1v) is 6.59. The second kappa shape index (κ2) is 6.76. The van der Waals surface area contributed by atoms with Crippen LogP contribution in [0.4, 0.5) is 11.4 Å². The van der Waals surface area contributed by atoms with Gasteiger partial charge in [0.25, 0.3) is 5.91 Å². The van der Waals surface area contributed by atoms with Crippen molar-refractivity contribution in [1.29, 1.82) is 0 Å². The van der Waals surface area contributed by atoms with E-state index in [0.29, 0.717) is 22.7 Å². The van der Waals surface area contributed by atoms with Crippen molar-refractivity contribution in [3.8, 4) is 5.75 Å². The second-order valence-electron chi connectivity index (χ2n) is 4.44. The maximum atomic E-state index is 12.7. The molecule has 0 saturated heterocycles. The zero-order chi connectivity index (χ0) is 15.2. The van der Waals surface area contributed by atoms with Crippen molar-refractivity contribution < 1.29 is 14.6 Å². The lowest BCUT2D eigenvalue weighted by molar-refractivity contribution is 0.0978. The van der Waals surface area contributed by atoms with Crippen LogP contribution in [0.5, 0.6) is 5.75 Å². The molecule has 21 heavy (non-hydrogen) atoms. The number of aliphatic hydroxyl groups is 1. The van der Waals surface area contributed by atoms with Crippen LogP contribution in [0.1, 0.15) is 10.4 Å². The lowest BCUT2D eigenvalue weighted by atomic mass is 10.1. The number of nitrogens with zero attached hydrogens (tertiary/aromatic N) is 1. The second-order valence-corrected chi connectivity index (χ2v) is 4.44. The van der Waals surface area contributed by atoms with Crippen molar-refractivity contribution in [3.05, 3.63) is 54.1 Å². The number of hydrogen-bond acceptors (Lipinski definition) is 4. The standard InChI is InChI=1S/C16H18N2O3/c1-21-15-9-5-2-6-12(15)16(20)18(10-11-19)14-8-4-3-7-13(14)17/h2-9,19H,10-11,17H2,1H3. The summed E-state index contributed by atoms with van der Waals surface area (Å²) in [7, 11) is 1.51. The predicted molar refractivity (Wildman–Crippen MR) is 82.6 cm³/mol. The molecule has 0 saturated carbocycles. The monoisotopic (exact) mass is 286 g/mol. The number of carbonyl (C=O) groups excluding carboxylic acids is 1. The lowest BCUT2D eigenvalue weighted by Gasteiger charge is -2.24. The van der Waals surface area contributed by atoms with Crippen molar-refractivity contribution in [2.24, 2.45) is 0 Å². The Morgan fingerprint density at radius 1 is 1.19 bits per heavy atom. The summed E-state index contributed by atoms with van der Waals surface area (Å²) >= 11 is 0. The van der Waals surface area contributed by atoms with Gasteiger partial charge in [-0.05, 0) is 24.3 Å². The number of amides is 1. The molecule has 2 aromatic carbocycles. The van der Waals surface area contributed by atoms with E-state index in [0.717, 1.165) is 0 Å². The SMILES string of the molecule is COc1ccccc1C(=O)N(CCO)c1ccccc1N. The highest BCUT2D eigenvalue weighted by molar-refractivity contribution is 6.09. The van der Waals surface area contributed by atoms with Crippen molar-refractivity contribution in [1.82, 2.24) is 0 Å². The number of nitrogen functional groups attached to an aromatic ring is 1. The van der Waals surface area contributed by atoms with E-state index < -0.39 is 0 Å². The molecule has 0 unspecified atom stereocenters. The van der Waals surface area contributed by atoms with Crippen LogP contribution in [-0.2, 0) is 0 Å². The Kier molecular flexibility index (Phi) is 4.79. The summed E-state index contributed by atoms with van der Waals surface area (Å²) in [4.78, 5) is 14.2. The fourth-order valence-corrected chi connectivity index (χ4v) is 2.13. The first kappa shape index (κ1) is 14.9. The third-order valence-corrected chi connectivity index (χ3v) is 3.13. The molecular formula is C16H18N2O3. The average Bonchev–Trinajstić information content (AvgIpc) is 2.53. The van der Waals surface area contributed by atoms with E-state index in [1.165, 1.54) is 12.0 Å². The zero-order valence-electron chi connectivity index (χ0n) is 11.8. The van der Waals surface area contributed by atoms with Crippen molar-refractivity contribution in [3.63, 3.8) is 0 Å². The van der Waals surface area contributed by atoms with E-state index >= 15 is 0 Å². The molecule has 0 bridgehead atoms. The van der Waals surface area contributed by atoms with Gasteiger partial charge in [0.05, 0.1) is 30.7 Å². The van der Waals surface area contributed by atoms with Gasteiger partial charge in [0, 0.05) is 6.54 Å². The number of anilines is 2. The van der Waals surface area contributed by atoms with E-state index in [1.54, 1.807) is 48.5 Å². The van der Waals surface area contributed by atoms with E-state index in [-0.39, 0.29) is 19.1 Å². The van der Waals surface area contributed by atoms with Crippen LogP contribution in [0.2, 0.25) is 0 Å². The minimum atomic E-state index is -0.264. The minimum absolute atomic E-state index is 0.158. The molecule has 0 aliphatic carbocycles. The number of nitrogens with two attached hydrogens (primary N) is 1. The number of aliphatic hydroxyl groups excluding tert-OH is 1. The van der Waals surface area contributed by atoms with E-state index in [2.05, 4.69) is 0 Å². The largest absolute Gasteiger partial charge is 0.496 e. The molecule has 1 amide bonds. The van der Waals surface area contributed by atoms with Gasteiger partial charge < -0.3 is 20.5 Å². The quantitative estimate of drug-likeness (QED) is 0.823. The van der Waals surface area contributed by atoms with Crippen molar-refractivity contribution >= 4 is 17.3 Å². The highest BCUT2D eigenvalue weighted by Crippen LogP contribution is 2.26. The molecule has 0 radical (unpaired) electrons. The Bertz CT molecular complexity index is 628. The number of hydrogen-bond donors (Lipinski definition) is 2. The Labute approximate surface area is 123 Å². The third-order valence-electron chi connectivity index (χ3n) is 3.13. The van der Waals surface area contributed by atoms with Crippen LogP contribution in [0, 0.1) is 0 Å². The fraction of sp³-hybridized carbons (Fsp3) is 0.188. The smallest absolute Gasteiger partial charge is 0.262 e. The molecule has 0 spiro atoms. The van der Waals surface area contributed by atoms with Gasteiger partial charge in [-0.3, -0.25) is 4.79 Å². The van der Waals surface area contributed by atoms with E-state index in [9.17, 15) is 9.90 Å². The van der Waals surface area contributed by atoms with Gasteiger partial charge in [-0.2, -0.15) is 0 Å². The zero-order valence-corrected chi connectivity index (χ0v) is 11.8. The fourth-order valence-electron chi connectivity index (χ4n) is 2.13. The first-order chi connectivity index (χ1) is 10.2. The highest BCUT2D eigenvalue weighted by atomic mass is 16.5. The van der Waals surface area contributed by atoms with Gasteiger partial charge in [0.15, 0.2) is 0 Å². The molecule has 5 nitrogen and oxygen atoms in total. The number of benzene rings is 2. The lowest BCUT2D eigenvalue weighted by Crippen LogP contribution is -2.34. The van der Waals surface area contributed by atoms with Crippen LogP contribution in [0.25, 0.3) is 0 Å². The van der Waals surface area contributed by atoms with Crippen molar-refractivity contribution in [2.75, 3.05) is 30.9 Å². The van der Waals surface area contributed by atoms with Gasteiger partial charge in [0.2, 0.25) is 0 Å². The van der Waals surface area contributed by atoms with Crippen LogP contribution in [0.3, 0.4) is 0 Å². The summed E-state index contributed by atoms with van der Waals surface area (Å²) < 4.78 is 5.22. The molecule has 0 aliphatic rings. The van der Waals surface area contributed by atoms with E-state index in [4.69, 9.17) is 10.5 Å². The number of carbonyl (C=O) groups is 1. The number of methoxy groups -OCH3 is 1. The minimum Gasteiger partial charge on any atom is -0.496 e. The molecule has 0 atom stereocenters. The van der Waals surface area contributed by atoms with Crippen LogP contribution < -0.4 is 15.4 Å². The van der Waals surface area contributed by atoms with Gasteiger partial charge in [-0.25, -0.2) is 0 Å². The first-order valence-electron chi connectivity index (χ1n) is 6.59. The number of rotatable bonds is 5. The molecule has 2 aromatic rings. The Morgan fingerprint density at radius 3 is 2.52 bits per heavy atom. The topological polar surface area (TPSA) is 75.8 Å². The molecular weight excluding hydrogens is 268 g/mol. The van der Waals surface area contributed by atoms with E-state index in [1.807, 2.05) is 0 Å². The summed E-state index contributed by atoms with van der Waals surface area (Å²) in [6.45, 7) is 0.000316.